The maximum absolute atomic E-state index is 13.5. The zero-order chi connectivity index (χ0) is 12.9. The van der Waals surface area contributed by atoms with E-state index < -0.39 is 17.2 Å². The van der Waals surface area contributed by atoms with Crippen molar-refractivity contribution in [3.8, 4) is 0 Å². The molecule has 0 spiro atoms. The monoisotopic (exact) mass is 241 g/mol. The van der Waals surface area contributed by atoms with Crippen LogP contribution in [-0.4, -0.2) is 5.54 Å². The lowest BCUT2D eigenvalue weighted by molar-refractivity contribution is 0.354. The van der Waals surface area contributed by atoms with E-state index in [1.165, 1.54) is 18.2 Å². The highest BCUT2D eigenvalue weighted by atomic mass is 19.1. The van der Waals surface area contributed by atoms with Gasteiger partial charge in [0.2, 0.25) is 0 Å². The van der Waals surface area contributed by atoms with Crippen molar-refractivity contribution in [3.05, 3.63) is 35.4 Å². The molecule has 0 aliphatic heterocycles. The Bertz CT molecular complexity index is 345. The summed E-state index contributed by atoms with van der Waals surface area (Å²) >= 11 is 0. The summed E-state index contributed by atoms with van der Waals surface area (Å²) in [7, 11) is 0. The first kappa shape index (κ1) is 14.1. The molecular weight excluding hydrogens is 220 g/mol. The quantitative estimate of drug-likeness (QED) is 0.805. The van der Waals surface area contributed by atoms with Gasteiger partial charge in [-0.15, -0.1) is 0 Å². The van der Waals surface area contributed by atoms with Crippen molar-refractivity contribution < 1.29 is 8.78 Å². The van der Waals surface area contributed by atoms with Gasteiger partial charge in [-0.1, -0.05) is 32.8 Å². The number of hydrogen-bond donors (Lipinski definition) is 1. The maximum atomic E-state index is 13.5. The third-order valence-corrected chi connectivity index (χ3v) is 3.32. The van der Waals surface area contributed by atoms with Gasteiger partial charge >= 0.3 is 0 Å². The second kappa shape index (κ2) is 6.10. The minimum Gasteiger partial charge on any atom is -0.325 e. The average molecular weight is 241 g/mol. The zero-order valence-electron chi connectivity index (χ0n) is 10.6. The van der Waals surface area contributed by atoms with Crippen LogP contribution in [0, 0.1) is 11.6 Å². The van der Waals surface area contributed by atoms with Crippen molar-refractivity contribution in [2.75, 3.05) is 0 Å². The molecule has 0 fully saturated rings. The second-order valence-electron chi connectivity index (χ2n) is 4.70. The van der Waals surface area contributed by atoms with E-state index in [9.17, 15) is 8.78 Å². The van der Waals surface area contributed by atoms with E-state index in [4.69, 9.17) is 5.73 Å². The Morgan fingerprint density at radius 2 is 1.76 bits per heavy atom. The maximum Gasteiger partial charge on any atom is 0.129 e. The largest absolute Gasteiger partial charge is 0.325 e. The first-order valence-corrected chi connectivity index (χ1v) is 6.24. The fourth-order valence-corrected chi connectivity index (χ4v) is 1.97. The summed E-state index contributed by atoms with van der Waals surface area (Å²) in [4.78, 5) is 0. The highest BCUT2D eigenvalue weighted by molar-refractivity contribution is 5.22. The van der Waals surface area contributed by atoms with Crippen LogP contribution in [0.25, 0.3) is 0 Å². The van der Waals surface area contributed by atoms with Crippen LogP contribution in [0.15, 0.2) is 18.2 Å². The molecule has 0 aromatic heterocycles. The summed E-state index contributed by atoms with van der Waals surface area (Å²) in [6.45, 7) is 4.05. The molecule has 3 heteroatoms. The Labute approximate surface area is 102 Å². The third-order valence-electron chi connectivity index (χ3n) is 3.32. The third kappa shape index (κ3) is 3.77. The van der Waals surface area contributed by atoms with Crippen LogP contribution in [0.2, 0.25) is 0 Å². The standard InChI is InChI=1S/C14H21F2N/c1-3-5-9-14(17,4-2)10-11-12(15)7-6-8-13(11)16/h6-8H,3-5,9-10,17H2,1-2H3. The molecule has 0 heterocycles. The fourth-order valence-electron chi connectivity index (χ4n) is 1.97. The molecule has 1 rings (SSSR count). The summed E-state index contributed by atoms with van der Waals surface area (Å²) in [5, 5.41) is 0. The molecule has 1 nitrogen and oxygen atoms in total. The van der Waals surface area contributed by atoms with E-state index >= 15 is 0 Å². The highest BCUT2D eigenvalue weighted by Gasteiger charge is 2.25. The van der Waals surface area contributed by atoms with Crippen molar-refractivity contribution in [1.82, 2.24) is 0 Å². The molecule has 0 aliphatic rings. The Kier molecular flexibility index (Phi) is 5.06. The molecular formula is C14H21F2N. The molecule has 17 heavy (non-hydrogen) atoms. The molecule has 0 radical (unpaired) electrons. The summed E-state index contributed by atoms with van der Waals surface area (Å²) in [6.07, 6.45) is 3.82. The summed E-state index contributed by atoms with van der Waals surface area (Å²) in [6, 6.07) is 3.95. The van der Waals surface area contributed by atoms with Crippen LogP contribution in [0.4, 0.5) is 8.78 Å². The fraction of sp³-hybridized carbons (Fsp3) is 0.571. The van der Waals surface area contributed by atoms with Crippen LogP contribution in [0.1, 0.15) is 45.1 Å². The van der Waals surface area contributed by atoms with Crippen LogP contribution < -0.4 is 5.73 Å². The van der Waals surface area contributed by atoms with E-state index in [2.05, 4.69) is 6.92 Å². The number of unbranched alkanes of at least 4 members (excludes halogenated alkanes) is 1. The van der Waals surface area contributed by atoms with Crippen molar-refractivity contribution in [2.24, 2.45) is 5.73 Å². The average Bonchev–Trinajstić information content (AvgIpc) is 2.32. The molecule has 1 atom stereocenters. The molecule has 2 N–H and O–H groups in total. The first-order chi connectivity index (χ1) is 8.02. The van der Waals surface area contributed by atoms with Gasteiger partial charge in [-0.25, -0.2) is 8.78 Å². The Morgan fingerprint density at radius 3 is 2.24 bits per heavy atom. The van der Waals surface area contributed by atoms with Crippen LogP contribution in [-0.2, 0) is 6.42 Å². The highest BCUT2D eigenvalue weighted by Crippen LogP contribution is 2.24. The molecule has 0 aliphatic carbocycles. The molecule has 0 bridgehead atoms. The van der Waals surface area contributed by atoms with E-state index in [0.29, 0.717) is 0 Å². The topological polar surface area (TPSA) is 26.0 Å². The Morgan fingerprint density at radius 1 is 1.18 bits per heavy atom. The number of benzene rings is 1. The molecule has 96 valence electrons. The van der Waals surface area contributed by atoms with E-state index in [1.807, 2.05) is 6.92 Å². The van der Waals surface area contributed by atoms with Gasteiger partial charge in [0.15, 0.2) is 0 Å². The molecule has 1 aromatic carbocycles. The lowest BCUT2D eigenvalue weighted by Gasteiger charge is -2.28. The number of halogens is 2. The van der Waals surface area contributed by atoms with Gasteiger partial charge in [-0.05, 0) is 31.4 Å². The van der Waals surface area contributed by atoms with Crippen LogP contribution >= 0.6 is 0 Å². The minimum absolute atomic E-state index is 0.118. The van der Waals surface area contributed by atoms with Gasteiger partial charge in [0.25, 0.3) is 0 Å². The number of hydrogen-bond acceptors (Lipinski definition) is 1. The number of rotatable bonds is 6. The predicted octanol–water partition coefficient (Wildman–Crippen LogP) is 3.81. The van der Waals surface area contributed by atoms with Crippen molar-refractivity contribution in [2.45, 2.75) is 51.5 Å². The van der Waals surface area contributed by atoms with Gasteiger partial charge in [0.05, 0.1) is 0 Å². The van der Waals surface area contributed by atoms with Crippen LogP contribution in [0.3, 0.4) is 0 Å². The molecule has 0 saturated heterocycles. The summed E-state index contributed by atoms with van der Waals surface area (Å²) in [5.41, 5.74) is 5.84. The smallest absolute Gasteiger partial charge is 0.129 e. The normalized spacial score (nSPS) is 14.6. The molecule has 1 aromatic rings. The second-order valence-corrected chi connectivity index (χ2v) is 4.70. The molecule has 0 saturated carbocycles. The van der Waals surface area contributed by atoms with Gasteiger partial charge in [0.1, 0.15) is 11.6 Å². The van der Waals surface area contributed by atoms with Crippen molar-refractivity contribution in [3.63, 3.8) is 0 Å². The van der Waals surface area contributed by atoms with Gasteiger partial charge in [0, 0.05) is 11.1 Å². The molecule has 1 unspecified atom stereocenters. The van der Waals surface area contributed by atoms with Gasteiger partial charge < -0.3 is 5.73 Å². The SMILES string of the molecule is CCCCC(N)(CC)Cc1c(F)cccc1F. The van der Waals surface area contributed by atoms with E-state index in [-0.39, 0.29) is 12.0 Å². The Hall–Kier alpha value is -0.960. The summed E-state index contributed by atoms with van der Waals surface area (Å²) < 4.78 is 27.1. The lowest BCUT2D eigenvalue weighted by atomic mass is 9.84. The van der Waals surface area contributed by atoms with Gasteiger partial charge in [-0.2, -0.15) is 0 Å². The number of nitrogens with two attached hydrogens (primary N) is 1. The predicted molar refractivity (Wildman–Crippen MR) is 66.8 cm³/mol. The zero-order valence-corrected chi connectivity index (χ0v) is 10.6. The van der Waals surface area contributed by atoms with Crippen molar-refractivity contribution in [1.29, 1.82) is 0 Å². The van der Waals surface area contributed by atoms with Gasteiger partial charge in [-0.3, -0.25) is 0 Å². The van der Waals surface area contributed by atoms with Crippen LogP contribution in [0.5, 0.6) is 0 Å². The van der Waals surface area contributed by atoms with Crippen molar-refractivity contribution >= 4 is 0 Å². The summed E-state index contributed by atoms with van der Waals surface area (Å²) in [5.74, 6) is -0.991. The minimum atomic E-state index is -0.501. The first-order valence-electron chi connectivity index (χ1n) is 6.24. The molecule has 0 amide bonds. The lowest BCUT2D eigenvalue weighted by Crippen LogP contribution is -2.41. The van der Waals surface area contributed by atoms with E-state index in [0.717, 1.165) is 25.7 Å². The van der Waals surface area contributed by atoms with E-state index in [1.54, 1.807) is 0 Å². The Balaban J connectivity index is 2.86.